The summed E-state index contributed by atoms with van der Waals surface area (Å²) in [6.07, 6.45) is 0.998. The summed E-state index contributed by atoms with van der Waals surface area (Å²) >= 11 is 0. The van der Waals surface area contributed by atoms with Crippen molar-refractivity contribution >= 4 is 8.07 Å². The van der Waals surface area contributed by atoms with Crippen molar-refractivity contribution in [1.29, 1.82) is 0 Å². The van der Waals surface area contributed by atoms with E-state index in [2.05, 4.69) is 131 Å². The molecule has 4 rings (SSSR count). The normalized spacial score (nSPS) is 24.8. The quantitative estimate of drug-likeness (QED) is 0.238. The maximum atomic E-state index is 12.1. The lowest BCUT2D eigenvalue weighted by atomic mass is 9.75. The number of hydrogen-bond acceptors (Lipinski definition) is 2. The SMILES string of the molecule is CC(C)[C@@]1(O)[C@H](C[Si](C)(C)C)[C@H](COC(c2ccccc2)(c2ccccc2)c2ccccc2)C[C@@H]1C. The summed E-state index contributed by atoms with van der Waals surface area (Å²) in [4.78, 5) is 0. The van der Waals surface area contributed by atoms with E-state index in [-0.39, 0.29) is 17.8 Å². The zero-order valence-electron chi connectivity index (χ0n) is 22.9. The first-order valence-corrected chi connectivity index (χ1v) is 17.3. The van der Waals surface area contributed by atoms with Crippen LogP contribution in [-0.2, 0) is 10.3 Å². The highest BCUT2D eigenvalue weighted by Gasteiger charge is 2.55. The lowest BCUT2D eigenvalue weighted by Crippen LogP contribution is -2.48. The fourth-order valence-corrected chi connectivity index (χ4v) is 8.70. The van der Waals surface area contributed by atoms with E-state index in [0.717, 1.165) is 29.2 Å². The van der Waals surface area contributed by atoms with Crippen molar-refractivity contribution in [2.75, 3.05) is 6.61 Å². The highest BCUT2D eigenvalue weighted by Crippen LogP contribution is 2.53. The van der Waals surface area contributed by atoms with E-state index in [1.165, 1.54) is 0 Å². The molecular weight excluding hydrogens is 456 g/mol. The largest absolute Gasteiger partial charge is 0.389 e. The second kappa shape index (κ2) is 10.7. The minimum absolute atomic E-state index is 0.223. The van der Waals surface area contributed by atoms with Gasteiger partial charge >= 0.3 is 0 Å². The maximum Gasteiger partial charge on any atom is 0.143 e. The first kappa shape index (κ1) is 26.8. The fourth-order valence-electron chi connectivity index (χ4n) is 6.72. The standard InChI is InChI=1S/C33H44O2Si/c1-25(2)32(34)26(3)22-27(31(32)24-36(4,5)6)23-35-33(28-16-10-7-11-17-28,29-18-12-8-13-19-29)30-20-14-9-15-21-30/h7-21,25-27,31,34H,22-24H2,1-6H3/t26-,27-,31+,32-/m0/s1. The van der Waals surface area contributed by atoms with Crippen LogP contribution in [0.25, 0.3) is 0 Å². The Kier molecular flexibility index (Phi) is 7.94. The zero-order chi connectivity index (χ0) is 26.0. The van der Waals surface area contributed by atoms with E-state index in [4.69, 9.17) is 4.74 Å². The van der Waals surface area contributed by atoms with E-state index in [1.54, 1.807) is 0 Å². The maximum absolute atomic E-state index is 12.1. The molecule has 1 aliphatic rings. The number of ether oxygens (including phenoxy) is 1. The Morgan fingerprint density at radius 3 is 1.61 bits per heavy atom. The third-order valence-electron chi connectivity index (χ3n) is 8.42. The van der Waals surface area contributed by atoms with E-state index < -0.39 is 19.3 Å². The monoisotopic (exact) mass is 500 g/mol. The Hall–Kier alpha value is -2.20. The second-order valence-corrected chi connectivity index (χ2v) is 17.9. The first-order chi connectivity index (χ1) is 17.1. The van der Waals surface area contributed by atoms with E-state index >= 15 is 0 Å². The van der Waals surface area contributed by atoms with Crippen LogP contribution in [0.1, 0.15) is 43.9 Å². The van der Waals surface area contributed by atoms with Crippen molar-refractivity contribution in [3.05, 3.63) is 108 Å². The van der Waals surface area contributed by atoms with Gasteiger partial charge in [-0.3, -0.25) is 0 Å². The van der Waals surface area contributed by atoms with Crippen LogP contribution < -0.4 is 0 Å². The molecule has 1 aliphatic carbocycles. The van der Waals surface area contributed by atoms with Gasteiger partial charge in [0, 0.05) is 8.07 Å². The lowest BCUT2D eigenvalue weighted by molar-refractivity contribution is -0.0812. The third kappa shape index (κ3) is 5.11. The van der Waals surface area contributed by atoms with Gasteiger partial charge in [0.05, 0.1) is 12.2 Å². The number of hydrogen-bond donors (Lipinski definition) is 1. The molecule has 0 aromatic heterocycles. The van der Waals surface area contributed by atoms with Crippen LogP contribution in [0.5, 0.6) is 0 Å². The molecule has 0 spiro atoms. The van der Waals surface area contributed by atoms with Crippen LogP contribution in [0, 0.1) is 23.7 Å². The molecule has 1 fully saturated rings. The molecule has 0 amide bonds. The van der Waals surface area contributed by atoms with Gasteiger partial charge in [-0.2, -0.15) is 0 Å². The van der Waals surface area contributed by atoms with E-state index in [9.17, 15) is 5.11 Å². The Labute approximate surface area is 219 Å². The molecule has 1 N–H and O–H groups in total. The number of aliphatic hydroxyl groups is 1. The van der Waals surface area contributed by atoms with Crippen LogP contribution in [0.4, 0.5) is 0 Å². The second-order valence-electron chi connectivity index (χ2n) is 12.4. The molecular formula is C33H44O2Si. The molecule has 4 atom stereocenters. The molecule has 0 radical (unpaired) electrons. The van der Waals surface area contributed by atoms with Gasteiger partial charge in [-0.25, -0.2) is 0 Å². The molecule has 192 valence electrons. The van der Waals surface area contributed by atoms with Gasteiger partial charge in [-0.05, 0) is 46.8 Å². The first-order valence-electron chi connectivity index (χ1n) is 13.6. The summed E-state index contributed by atoms with van der Waals surface area (Å²) in [7, 11) is -1.41. The summed E-state index contributed by atoms with van der Waals surface area (Å²) in [6, 6.07) is 33.0. The van der Waals surface area contributed by atoms with Gasteiger partial charge in [-0.1, -0.05) is 137 Å². The average Bonchev–Trinajstić information content (AvgIpc) is 3.11. The summed E-state index contributed by atoms with van der Waals surface area (Å²) in [5, 5.41) is 12.1. The molecule has 3 aromatic carbocycles. The van der Waals surface area contributed by atoms with Crippen LogP contribution in [0.3, 0.4) is 0 Å². The van der Waals surface area contributed by atoms with E-state index in [1.807, 2.05) is 0 Å². The Morgan fingerprint density at radius 2 is 1.25 bits per heavy atom. The lowest BCUT2D eigenvalue weighted by Gasteiger charge is -2.42. The van der Waals surface area contributed by atoms with Crippen LogP contribution >= 0.6 is 0 Å². The molecule has 36 heavy (non-hydrogen) atoms. The third-order valence-corrected chi connectivity index (χ3v) is 10.1. The molecule has 0 bridgehead atoms. The van der Waals surface area contributed by atoms with Crippen LogP contribution in [-0.4, -0.2) is 25.4 Å². The van der Waals surface area contributed by atoms with Crippen LogP contribution in [0.15, 0.2) is 91.0 Å². The van der Waals surface area contributed by atoms with Gasteiger partial charge < -0.3 is 9.84 Å². The summed E-state index contributed by atoms with van der Waals surface area (Å²) in [6.45, 7) is 14.5. The van der Waals surface area contributed by atoms with Crippen molar-refractivity contribution in [2.45, 2.75) is 64.1 Å². The Morgan fingerprint density at radius 1 is 0.833 bits per heavy atom. The number of benzene rings is 3. The molecule has 0 unspecified atom stereocenters. The molecule has 1 saturated carbocycles. The molecule has 3 aromatic rings. The molecule has 3 heteroatoms. The predicted molar refractivity (Wildman–Crippen MR) is 154 cm³/mol. The molecule has 0 saturated heterocycles. The van der Waals surface area contributed by atoms with E-state index in [0.29, 0.717) is 12.5 Å². The van der Waals surface area contributed by atoms with Gasteiger partial charge in [0.25, 0.3) is 0 Å². The minimum atomic E-state index is -1.41. The Bertz CT molecular complexity index is 994. The van der Waals surface area contributed by atoms with Gasteiger partial charge in [0.15, 0.2) is 0 Å². The zero-order valence-corrected chi connectivity index (χ0v) is 23.9. The summed E-state index contributed by atoms with van der Waals surface area (Å²) in [5.41, 5.74) is 2.04. The topological polar surface area (TPSA) is 29.5 Å². The van der Waals surface area contributed by atoms with Crippen molar-refractivity contribution in [2.24, 2.45) is 23.7 Å². The van der Waals surface area contributed by atoms with Crippen molar-refractivity contribution in [3.63, 3.8) is 0 Å². The van der Waals surface area contributed by atoms with Crippen molar-refractivity contribution < 1.29 is 9.84 Å². The minimum Gasteiger partial charge on any atom is -0.389 e. The van der Waals surface area contributed by atoms with Crippen molar-refractivity contribution in [3.8, 4) is 0 Å². The summed E-state index contributed by atoms with van der Waals surface area (Å²) < 4.78 is 7.24. The Balaban J connectivity index is 1.79. The van der Waals surface area contributed by atoms with Gasteiger partial charge in [0.2, 0.25) is 0 Å². The van der Waals surface area contributed by atoms with Gasteiger partial charge in [0.1, 0.15) is 5.60 Å². The van der Waals surface area contributed by atoms with Gasteiger partial charge in [-0.15, -0.1) is 0 Å². The highest BCUT2D eigenvalue weighted by molar-refractivity contribution is 6.76. The molecule has 2 nitrogen and oxygen atoms in total. The smallest absolute Gasteiger partial charge is 0.143 e. The van der Waals surface area contributed by atoms with Crippen LogP contribution in [0.2, 0.25) is 25.7 Å². The highest BCUT2D eigenvalue weighted by atomic mass is 28.3. The fraction of sp³-hybridized carbons (Fsp3) is 0.455. The summed E-state index contributed by atoms with van der Waals surface area (Å²) in [5.74, 6) is 1.04. The molecule has 0 aliphatic heterocycles. The molecule has 0 heterocycles. The van der Waals surface area contributed by atoms with Crippen molar-refractivity contribution in [1.82, 2.24) is 0 Å². The predicted octanol–water partition coefficient (Wildman–Crippen LogP) is 7.99. The number of rotatable bonds is 9. The average molecular weight is 501 g/mol.